The lowest BCUT2D eigenvalue weighted by atomic mass is 10.0. The van der Waals surface area contributed by atoms with Crippen LogP contribution in [-0.4, -0.2) is 59.3 Å². The molecule has 0 heterocycles. The van der Waals surface area contributed by atoms with Crippen molar-refractivity contribution in [1.82, 2.24) is 10.6 Å². The number of carbonyl (C=O) groups excluding carboxylic acids is 3. The highest BCUT2D eigenvalue weighted by atomic mass is 16.5. The number of carbonyl (C=O) groups is 4. The predicted molar refractivity (Wildman–Crippen MR) is 185 cm³/mol. The minimum Gasteiger partial charge on any atom is -0.480 e. The van der Waals surface area contributed by atoms with Crippen molar-refractivity contribution >= 4 is 23.8 Å². The van der Waals surface area contributed by atoms with E-state index in [1.54, 1.807) is 0 Å². The highest BCUT2D eigenvalue weighted by molar-refractivity contribution is 5.87. The maximum Gasteiger partial charge on any atom is 0.328 e. The van der Waals surface area contributed by atoms with Crippen molar-refractivity contribution in [3.63, 3.8) is 0 Å². The van der Waals surface area contributed by atoms with Gasteiger partial charge in [0.05, 0.1) is 13.2 Å². The van der Waals surface area contributed by atoms with Gasteiger partial charge in [-0.1, -0.05) is 102 Å². The molecule has 0 spiro atoms. The van der Waals surface area contributed by atoms with Crippen LogP contribution in [0.4, 0.5) is 0 Å². The van der Waals surface area contributed by atoms with Crippen molar-refractivity contribution < 1.29 is 34.1 Å². The van der Waals surface area contributed by atoms with Crippen LogP contribution >= 0.6 is 0 Å². The zero-order valence-electron chi connectivity index (χ0n) is 28.8. The standard InChI is InChI=1S/C37H64N2O7/c1-3-5-7-8-9-10-11-12-13-14-15-16-17-18-19-20-25-29-36(43)46-32(26-22-6-4-2)27-23-21-24-28-34(41)38-30-35(42)39-33(31-40)37(44)45/h5,7,9-10,12-13,32-33,40H,3-4,6,8,11,14-31H2,1-2H3,(H,38,41)(H,39,42)(H,44,45)/b7-5-,10-9-,13-12-. The number of hydrogen-bond acceptors (Lipinski definition) is 6. The minimum atomic E-state index is -1.39. The first kappa shape index (κ1) is 43.1. The minimum absolute atomic E-state index is 0.0849. The molecule has 0 saturated heterocycles. The lowest BCUT2D eigenvalue weighted by Gasteiger charge is -2.18. The lowest BCUT2D eigenvalue weighted by molar-refractivity contribution is -0.150. The van der Waals surface area contributed by atoms with Crippen molar-refractivity contribution in [1.29, 1.82) is 0 Å². The van der Waals surface area contributed by atoms with E-state index in [1.807, 2.05) is 0 Å². The van der Waals surface area contributed by atoms with E-state index in [0.717, 1.165) is 89.9 Å². The molecule has 0 aliphatic rings. The van der Waals surface area contributed by atoms with Gasteiger partial charge in [0.15, 0.2) is 0 Å². The van der Waals surface area contributed by atoms with Gasteiger partial charge in [-0.05, 0) is 70.6 Å². The van der Waals surface area contributed by atoms with E-state index in [1.165, 1.54) is 25.7 Å². The summed E-state index contributed by atoms with van der Waals surface area (Å²) in [7, 11) is 0. The summed E-state index contributed by atoms with van der Waals surface area (Å²) >= 11 is 0. The molecule has 46 heavy (non-hydrogen) atoms. The summed E-state index contributed by atoms with van der Waals surface area (Å²) in [5.41, 5.74) is 0. The zero-order valence-corrected chi connectivity index (χ0v) is 28.8. The van der Waals surface area contributed by atoms with Crippen LogP contribution in [0.5, 0.6) is 0 Å². The third-order valence-corrected chi connectivity index (χ3v) is 7.65. The Kier molecular flexibility index (Phi) is 30.0. The van der Waals surface area contributed by atoms with Crippen LogP contribution in [0.25, 0.3) is 0 Å². The molecule has 0 radical (unpaired) electrons. The number of carboxylic acids is 1. The largest absolute Gasteiger partial charge is 0.480 e. The number of aliphatic carboxylic acids is 1. The quantitative estimate of drug-likeness (QED) is 0.0347. The van der Waals surface area contributed by atoms with Crippen molar-refractivity contribution in [3.05, 3.63) is 36.5 Å². The number of ether oxygens (including phenoxy) is 1. The van der Waals surface area contributed by atoms with Crippen molar-refractivity contribution in [2.24, 2.45) is 0 Å². The fourth-order valence-corrected chi connectivity index (χ4v) is 4.90. The summed E-state index contributed by atoms with van der Waals surface area (Å²) in [4.78, 5) is 47.1. The average molecular weight is 649 g/mol. The summed E-state index contributed by atoms with van der Waals surface area (Å²) in [5.74, 6) is -2.41. The number of hydrogen-bond donors (Lipinski definition) is 4. The van der Waals surface area contributed by atoms with Crippen LogP contribution in [0.3, 0.4) is 0 Å². The van der Waals surface area contributed by atoms with Crippen molar-refractivity contribution in [2.45, 2.75) is 161 Å². The van der Waals surface area contributed by atoms with E-state index in [9.17, 15) is 19.2 Å². The van der Waals surface area contributed by atoms with Gasteiger partial charge in [-0.15, -0.1) is 0 Å². The molecular formula is C37H64N2O7. The second kappa shape index (κ2) is 32.0. The summed E-state index contributed by atoms with van der Waals surface area (Å²) in [6.45, 7) is 3.24. The smallest absolute Gasteiger partial charge is 0.328 e. The molecule has 2 amide bonds. The molecule has 0 aliphatic heterocycles. The average Bonchev–Trinajstić information content (AvgIpc) is 3.03. The van der Waals surface area contributed by atoms with E-state index >= 15 is 0 Å². The number of allylic oxidation sites excluding steroid dienone is 6. The van der Waals surface area contributed by atoms with Crippen LogP contribution in [0.2, 0.25) is 0 Å². The molecular weight excluding hydrogens is 584 g/mol. The number of unbranched alkanes of at least 4 members (excludes halogenated alkanes) is 11. The Morgan fingerprint density at radius 3 is 1.87 bits per heavy atom. The summed E-state index contributed by atoms with van der Waals surface area (Å²) in [5, 5.41) is 22.4. The molecule has 0 fully saturated rings. The summed E-state index contributed by atoms with van der Waals surface area (Å²) in [6, 6.07) is -1.39. The van der Waals surface area contributed by atoms with Gasteiger partial charge in [0.1, 0.15) is 12.1 Å². The fraction of sp³-hybridized carbons (Fsp3) is 0.730. The van der Waals surface area contributed by atoms with Gasteiger partial charge in [-0.3, -0.25) is 14.4 Å². The van der Waals surface area contributed by atoms with Crippen LogP contribution in [-0.2, 0) is 23.9 Å². The van der Waals surface area contributed by atoms with Gasteiger partial charge in [0.2, 0.25) is 11.8 Å². The normalized spacial score (nSPS) is 12.9. The molecule has 0 bridgehead atoms. The molecule has 0 aromatic carbocycles. The molecule has 0 rings (SSSR count). The van der Waals surface area contributed by atoms with Gasteiger partial charge < -0.3 is 25.6 Å². The predicted octanol–water partition coefficient (Wildman–Crippen LogP) is 7.48. The first-order valence-electron chi connectivity index (χ1n) is 17.9. The Hall–Kier alpha value is -2.94. The molecule has 4 N–H and O–H groups in total. The van der Waals surface area contributed by atoms with Gasteiger partial charge in [0.25, 0.3) is 0 Å². The molecule has 0 aliphatic carbocycles. The molecule has 0 saturated carbocycles. The molecule has 2 unspecified atom stereocenters. The summed E-state index contributed by atoms with van der Waals surface area (Å²) < 4.78 is 5.84. The number of carboxylic acid groups (broad SMARTS) is 1. The van der Waals surface area contributed by atoms with Crippen molar-refractivity contribution in [2.75, 3.05) is 13.2 Å². The highest BCUT2D eigenvalue weighted by Gasteiger charge is 2.19. The number of aliphatic hydroxyl groups is 1. The Morgan fingerprint density at radius 1 is 0.674 bits per heavy atom. The van der Waals surface area contributed by atoms with E-state index in [0.29, 0.717) is 12.8 Å². The zero-order chi connectivity index (χ0) is 34.1. The third-order valence-electron chi connectivity index (χ3n) is 7.65. The van der Waals surface area contributed by atoms with E-state index in [4.69, 9.17) is 14.9 Å². The number of aliphatic hydroxyl groups excluding tert-OH is 1. The molecule has 9 heteroatoms. The van der Waals surface area contributed by atoms with Crippen molar-refractivity contribution in [3.8, 4) is 0 Å². The first-order chi connectivity index (χ1) is 22.3. The topological polar surface area (TPSA) is 142 Å². The van der Waals surface area contributed by atoms with Crippen LogP contribution < -0.4 is 10.6 Å². The molecule has 0 aromatic heterocycles. The SMILES string of the molecule is CC/C=C\C/C=C\C/C=C\CCCCCCCCCC(=O)OC(CCCCC)CCCCCC(=O)NCC(=O)NC(CO)C(=O)O. The van der Waals surface area contributed by atoms with Gasteiger partial charge in [-0.25, -0.2) is 4.79 Å². The maximum atomic E-state index is 12.5. The molecule has 264 valence electrons. The third kappa shape index (κ3) is 28.5. The Bertz CT molecular complexity index is 885. The fourth-order valence-electron chi connectivity index (χ4n) is 4.90. The highest BCUT2D eigenvalue weighted by Crippen LogP contribution is 2.17. The first-order valence-corrected chi connectivity index (χ1v) is 17.9. The molecule has 2 atom stereocenters. The molecule has 0 aromatic rings. The van der Waals surface area contributed by atoms with Crippen LogP contribution in [0.1, 0.15) is 149 Å². The Balaban J connectivity index is 3.99. The van der Waals surface area contributed by atoms with Gasteiger partial charge >= 0.3 is 11.9 Å². The second-order valence-corrected chi connectivity index (χ2v) is 11.9. The van der Waals surface area contributed by atoms with Gasteiger partial charge in [-0.2, -0.15) is 0 Å². The van der Waals surface area contributed by atoms with E-state index < -0.39 is 24.5 Å². The van der Waals surface area contributed by atoms with E-state index in [-0.39, 0.29) is 30.9 Å². The summed E-state index contributed by atoms with van der Waals surface area (Å²) in [6.07, 6.45) is 33.5. The second-order valence-electron chi connectivity index (χ2n) is 11.9. The Morgan fingerprint density at radius 2 is 1.24 bits per heavy atom. The molecule has 9 nitrogen and oxygen atoms in total. The van der Waals surface area contributed by atoms with Crippen LogP contribution in [0, 0.1) is 0 Å². The number of nitrogens with one attached hydrogen (secondary N) is 2. The number of esters is 1. The lowest BCUT2D eigenvalue weighted by Crippen LogP contribution is -2.47. The number of amides is 2. The van der Waals surface area contributed by atoms with Gasteiger partial charge in [0, 0.05) is 12.8 Å². The van der Waals surface area contributed by atoms with E-state index in [2.05, 4.69) is 60.9 Å². The Labute approximate surface area is 278 Å². The van der Waals surface area contributed by atoms with Crippen LogP contribution in [0.15, 0.2) is 36.5 Å². The number of rotatable bonds is 31. The monoisotopic (exact) mass is 648 g/mol. The maximum absolute atomic E-state index is 12.5.